The first kappa shape index (κ1) is 39.3. The van der Waals surface area contributed by atoms with E-state index in [9.17, 15) is 0 Å². The molecule has 0 fully saturated rings. The largest absolute Gasteiger partial charge is 0.677 e. The van der Waals surface area contributed by atoms with E-state index in [0.29, 0.717) is 59.0 Å². The van der Waals surface area contributed by atoms with E-state index < -0.39 is 0 Å². The van der Waals surface area contributed by atoms with Crippen LogP contribution in [0, 0.1) is 0 Å². The SMILES string of the molecule is CN(C)CCC[NH-].CN(C)CCC[NH-].[Co].c1ccc2c(c1)-c1nc-2nc2[n-]c(nc3nc(nc4[n-]c(n1)c1ccccc41)-c1ccccc1-3)c1ccccc21. The second kappa shape index (κ2) is 17.8. The van der Waals surface area contributed by atoms with Gasteiger partial charge in [-0.15, -0.1) is 13.1 Å². The van der Waals surface area contributed by atoms with Crippen molar-refractivity contribution in [2.45, 2.75) is 12.8 Å². The normalized spacial score (nSPS) is 11.3. The maximum Gasteiger partial charge on any atom is 0.0927 e. The molecular weight excluding hydrogens is 731 g/mol. The topological polar surface area (TPSA) is 160 Å². The summed E-state index contributed by atoms with van der Waals surface area (Å²) in [5, 5.41) is 3.57. The Kier molecular flexibility index (Phi) is 12.7. The summed E-state index contributed by atoms with van der Waals surface area (Å²) in [5.41, 5.74) is 19.3. The van der Waals surface area contributed by atoms with E-state index in [1.54, 1.807) is 0 Å². The fourth-order valence-corrected chi connectivity index (χ4v) is 6.25. The molecule has 2 aliphatic heterocycles. The molecule has 3 aromatic heterocycles. The summed E-state index contributed by atoms with van der Waals surface area (Å²) in [6.07, 6.45) is 1.99. The number of hydrogen-bond donors (Lipinski definition) is 0. The van der Waals surface area contributed by atoms with Gasteiger partial charge in [0.15, 0.2) is 0 Å². The molecule has 0 saturated heterocycles. The van der Waals surface area contributed by atoms with E-state index in [1.807, 2.05) is 125 Å². The van der Waals surface area contributed by atoms with Gasteiger partial charge in [-0.05, 0) is 62.8 Å². The Hall–Kier alpha value is -5.41. The minimum Gasteiger partial charge on any atom is -0.677 e. The Bertz CT molecular complexity index is 2240. The summed E-state index contributed by atoms with van der Waals surface area (Å²) in [4.78, 5) is 43.5. The van der Waals surface area contributed by atoms with E-state index in [0.717, 1.165) is 69.7 Å². The Morgan fingerprint density at radius 2 is 0.673 bits per heavy atom. The number of rotatable bonds is 6. The predicted molar refractivity (Wildman–Crippen MR) is 219 cm³/mol. The molecule has 8 bridgehead atoms. The van der Waals surface area contributed by atoms with Crippen molar-refractivity contribution in [3.8, 4) is 45.6 Å². The first-order chi connectivity index (χ1) is 26.3. The first-order valence-electron chi connectivity index (χ1n) is 18.0. The van der Waals surface area contributed by atoms with Crippen molar-refractivity contribution in [2.75, 3.05) is 54.4 Å². The first-order valence-corrected chi connectivity index (χ1v) is 18.0. The maximum absolute atomic E-state index is 6.77. The number of benzene rings is 4. The third-order valence-electron chi connectivity index (χ3n) is 8.89. The van der Waals surface area contributed by atoms with Gasteiger partial charge in [-0.2, -0.15) is 0 Å². The third-order valence-corrected chi connectivity index (χ3v) is 8.89. The smallest absolute Gasteiger partial charge is 0.0927 e. The molecule has 0 saturated carbocycles. The second-order valence-corrected chi connectivity index (χ2v) is 13.5. The van der Waals surface area contributed by atoms with Gasteiger partial charge in [0.1, 0.15) is 0 Å². The molecule has 9 rings (SSSR count). The van der Waals surface area contributed by atoms with Crippen LogP contribution in [0.1, 0.15) is 12.8 Å². The second-order valence-electron chi connectivity index (χ2n) is 13.5. The van der Waals surface area contributed by atoms with Crippen LogP contribution in [0.3, 0.4) is 0 Å². The monoisotopic (exact) mass is 773 g/mol. The summed E-state index contributed by atoms with van der Waals surface area (Å²) < 4.78 is 0. The van der Waals surface area contributed by atoms with Crippen LogP contribution in [0.25, 0.3) is 101 Å². The Morgan fingerprint density at radius 1 is 0.418 bits per heavy atom. The van der Waals surface area contributed by atoms with Crippen LogP contribution < -0.4 is 9.97 Å². The molecule has 1 radical (unpaired) electrons. The molecule has 55 heavy (non-hydrogen) atoms. The van der Waals surface area contributed by atoms with Gasteiger partial charge >= 0.3 is 0 Å². The van der Waals surface area contributed by atoms with Crippen LogP contribution >= 0.6 is 0 Å². The molecule has 283 valence electrons. The Balaban J connectivity index is 0.000000296. The molecule has 0 amide bonds. The van der Waals surface area contributed by atoms with Crippen molar-refractivity contribution in [3.05, 3.63) is 109 Å². The standard InChI is InChI=1S/C32H16N8.2C5H13N2.Co/c1-2-10-18-17(9-1)25-33-26(18)38-28-21-13-5-6-14-22(21)30(35-28)40-32-24-16-8-7-15-23(24)31(36-32)39-29-20-12-4-3-11-19(20)27(34-29)37-25;2*1-7(2)5-3-4-6;/h1-16H;2*6H,3-5H2,1-2H3;/q-2;2*-1;. The van der Waals surface area contributed by atoms with Crippen molar-refractivity contribution < 1.29 is 16.8 Å². The maximum atomic E-state index is 6.77. The molecule has 0 spiro atoms. The van der Waals surface area contributed by atoms with E-state index >= 15 is 0 Å². The third kappa shape index (κ3) is 8.62. The molecule has 13 heteroatoms. The summed E-state index contributed by atoms with van der Waals surface area (Å²) in [6, 6.07) is 31.8. The van der Waals surface area contributed by atoms with Crippen LogP contribution in [0.4, 0.5) is 0 Å². The van der Waals surface area contributed by atoms with Crippen LogP contribution in [0.5, 0.6) is 0 Å². The van der Waals surface area contributed by atoms with Gasteiger partial charge in [0.05, 0.1) is 23.3 Å². The molecule has 2 aliphatic rings. The molecule has 2 N–H and O–H groups in total. The summed E-state index contributed by atoms with van der Waals surface area (Å²) in [7, 11) is 8.09. The number of nitrogens with one attached hydrogen (secondary N) is 2. The van der Waals surface area contributed by atoms with Crippen molar-refractivity contribution in [1.82, 2.24) is 49.7 Å². The summed E-state index contributed by atoms with van der Waals surface area (Å²) in [6.45, 7) is 3.20. The summed E-state index contributed by atoms with van der Waals surface area (Å²) in [5.74, 6) is 2.21. The van der Waals surface area contributed by atoms with Crippen molar-refractivity contribution >= 4 is 44.1 Å². The van der Waals surface area contributed by atoms with Crippen LogP contribution in [0.15, 0.2) is 97.1 Å². The summed E-state index contributed by atoms with van der Waals surface area (Å²) >= 11 is 0. The number of fused-ring (bicyclic) bond motifs is 20. The van der Waals surface area contributed by atoms with Crippen LogP contribution in [-0.2, 0) is 16.8 Å². The molecule has 5 heterocycles. The molecule has 7 aromatic rings. The zero-order valence-corrected chi connectivity index (χ0v) is 32.3. The Morgan fingerprint density at radius 3 is 0.891 bits per heavy atom. The van der Waals surface area contributed by atoms with Gasteiger partial charge < -0.3 is 51.2 Å². The molecule has 4 aromatic carbocycles. The Labute approximate surface area is 330 Å². The van der Waals surface area contributed by atoms with Crippen LogP contribution in [-0.4, -0.2) is 94.1 Å². The fraction of sp³-hybridized carbons (Fsp3) is 0.238. The van der Waals surface area contributed by atoms with Gasteiger partial charge in [-0.1, -0.05) is 110 Å². The molecule has 0 aliphatic carbocycles. The average molecular weight is 774 g/mol. The van der Waals surface area contributed by atoms with Gasteiger partial charge in [0.2, 0.25) is 0 Å². The molecular formula is C42H42CoN12-4. The zero-order valence-electron chi connectivity index (χ0n) is 31.3. The minimum atomic E-state index is 0. The van der Waals surface area contributed by atoms with Crippen molar-refractivity contribution in [3.63, 3.8) is 0 Å². The van der Waals surface area contributed by atoms with Gasteiger partial charge in [-0.25, -0.2) is 9.97 Å². The van der Waals surface area contributed by atoms with E-state index in [2.05, 4.69) is 9.80 Å². The molecule has 0 atom stereocenters. The number of aromatic nitrogens is 8. The van der Waals surface area contributed by atoms with Gasteiger partial charge in [0.25, 0.3) is 0 Å². The van der Waals surface area contributed by atoms with Crippen molar-refractivity contribution in [1.29, 1.82) is 0 Å². The zero-order chi connectivity index (χ0) is 37.6. The molecule has 0 unspecified atom stereocenters. The predicted octanol–water partition coefficient (Wildman–Crippen LogP) is 8.11. The van der Waals surface area contributed by atoms with Gasteiger partial charge in [0, 0.05) is 61.6 Å². The fourth-order valence-electron chi connectivity index (χ4n) is 6.25. The van der Waals surface area contributed by atoms with E-state index in [-0.39, 0.29) is 16.8 Å². The quantitative estimate of drug-likeness (QED) is 0.162. The molecule has 12 nitrogen and oxygen atoms in total. The van der Waals surface area contributed by atoms with E-state index in [4.69, 9.17) is 51.3 Å². The number of nitrogens with zero attached hydrogens (tertiary/aromatic N) is 10. The number of hydrogen-bond acceptors (Lipinski definition) is 8. The van der Waals surface area contributed by atoms with Crippen LogP contribution in [0.2, 0.25) is 0 Å². The van der Waals surface area contributed by atoms with Gasteiger partial charge in [-0.3, -0.25) is 0 Å². The minimum absolute atomic E-state index is 0. The van der Waals surface area contributed by atoms with E-state index in [1.165, 1.54) is 0 Å². The van der Waals surface area contributed by atoms with Crippen molar-refractivity contribution in [2.24, 2.45) is 0 Å². The average Bonchev–Trinajstić information content (AvgIpc) is 3.92.